The molecule has 0 saturated heterocycles. The van der Waals surface area contributed by atoms with Gasteiger partial charge in [0.2, 0.25) is 0 Å². The molecule has 0 amide bonds. The zero-order chi connectivity index (χ0) is 12.1. The summed E-state index contributed by atoms with van der Waals surface area (Å²) in [6, 6.07) is 0. The SMILES string of the molecule is CNC(C)(C)C(=O)OCCOC(C)(C)C. The molecule has 0 spiro atoms. The first-order valence-corrected chi connectivity index (χ1v) is 5.19. The molecule has 0 heterocycles. The van der Waals surface area contributed by atoms with E-state index in [1.165, 1.54) is 0 Å². The first kappa shape index (κ1) is 14.4. The topological polar surface area (TPSA) is 47.6 Å². The van der Waals surface area contributed by atoms with Crippen molar-refractivity contribution in [1.29, 1.82) is 0 Å². The van der Waals surface area contributed by atoms with Crippen molar-refractivity contribution in [2.45, 2.75) is 45.8 Å². The number of ether oxygens (including phenoxy) is 2. The van der Waals surface area contributed by atoms with E-state index in [9.17, 15) is 4.79 Å². The molecule has 0 aliphatic carbocycles. The molecular formula is C11H23NO3. The fraction of sp³-hybridized carbons (Fsp3) is 0.909. The van der Waals surface area contributed by atoms with E-state index < -0.39 is 5.54 Å². The van der Waals surface area contributed by atoms with Crippen LogP contribution in [0.4, 0.5) is 0 Å². The van der Waals surface area contributed by atoms with E-state index in [4.69, 9.17) is 9.47 Å². The summed E-state index contributed by atoms with van der Waals surface area (Å²) in [5.74, 6) is -0.262. The molecular weight excluding hydrogens is 194 g/mol. The number of likely N-dealkylation sites (N-methyl/N-ethyl adjacent to an activating group) is 1. The van der Waals surface area contributed by atoms with Crippen molar-refractivity contribution in [3.05, 3.63) is 0 Å². The molecule has 4 nitrogen and oxygen atoms in total. The Balaban J connectivity index is 3.74. The summed E-state index contributed by atoms with van der Waals surface area (Å²) in [6.07, 6.45) is 0. The van der Waals surface area contributed by atoms with Crippen molar-refractivity contribution in [3.63, 3.8) is 0 Å². The lowest BCUT2D eigenvalue weighted by atomic mass is 10.1. The fourth-order valence-corrected chi connectivity index (χ4v) is 0.765. The predicted octanol–water partition coefficient (Wildman–Crippen LogP) is 1.34. The van der Waals surface area contributed by atoms with Gasteiger partial charge in [0.05, 0.1) is 12.2 Å². The summed E-state index contributed by atoms with van der Waals surface area (Å²) in [5.41, 5.74) is -0.827. The smallest absolute Gasteiger partial charge is 0.325 e. The minimum atomic E-state index is -0.637. The lowest BCUT2D eigenvalue weighted by Crippen LogP contribution is -2.46. The maximum absolute atomic E-state index is 11.5. The first-order valence-electron chi connectivity index (χ1n) is 5.19. The van der Waals surface area contributed by atoms with E-state index in [1.54, 1.807) is 20.9 Å². The van der Waals surface area contributed by atoms with Crippen LogP contribution in [0.3, 0.4) is 0 Å². The zero-order valence-corrected chi connectivity index (χ0v) is 10.6. The zero-order valence-electron chi connectivity index (χ0n) is 10.6. The first-order chi connectivity index (χ1) is 6.69. The highest BCUT2D eigenvalue weighted by molar-refractivity contribution is 5.79. The molecule has 0 aromatic rings. The van der Waals surface area contributed by atoms with Gasteiger partial charge < -0.3 is 14.8 Å². The van der Waals surface area contributed by atoms with Gasteiger partial charge >= 0.3 is 5.97 Å². The molecule has 4 heteroatoms. The Hall–Kier alpha value is -0.610. The quantitative estimate of drug-likeness (QED) is 0.557. The van der Waals surface area contributed by atoms with Gasteiger partial charge in [0.15, 0.2) is 0 Å². The molecule has 0 unspecified atom stereocenters. The Bertz CT molecular complexity index is 206. The van der Waals surface area contributed by atoms with E-state index >= 15 is 0 Å². The highest BCUT2D eigenvalue weighted by Gasteiger charge is 2.26. The Kier molecular flexibility index (Phi) is 5.24. The molecule has 15 heavy (non-hydrogen) atoms. The maximum Gasteiger partial charge on any atom is 0.325 e. The Morgan fingerprint density at radius 2 is 1.67 bits per heavy atom. The van der Waals surface area contributed by atoms with Gasteiger partial charge in [-0.15, -0.1) is 0 Å². The third-order valence-electron chi connectivity index (χ3n) is 1.99. The summed E-state index contributed by atoms with van der Waals surface area (Å²) in [4.78, 5) is 11.5. The van der Waals surface area contributed by atoms with Crippen LogP contribution in [0.2, 0.25) is 0 Å². The Morgan fingerprint density at radius 1 is 1.13 bits per heavy atom. The van der Waals surface area contributed by atoms with Crippen molar-refractivity contribution in [1.82, 2.24) is 5.32 Å². The fourth-order valence-electron chi connectivity index (χ4n) is 0.765. The third-order valence-corrected chi connectivity index (χ3v) is 1.99. The van der Waals surface area contributed by atoms with Gasteiger partial charge in [0.1, 0.15) is 12.1 Å². The molecule has 0 saturated carbocycles. The van der Waals surface area contributed by atoms with Crippen LogP contribution in [-0.2, 0) is 14.3 Å². The van der Waals surface area contributed by atoms with Crippen LogP contribution < -0.4 is 5.32 Å². The summed E-state index contributed by atoms with van der Waals surface area (Å²) in [5, 5.41) is 2.88. The van der Waals surface area contributed by atoms with Gasteiger partial charge in [-0.05, 0) is 41.7 Å². The van der Waals surface area contributed by atoms with Crippen molar-refractivity contribution in [3.8, 4) is 0 Å². The molecule has 0 aliphatic heterocycles. The van der Waals surface area contributed by atoms with E-state index in [2.05, 4.69) is 5.32 Å². The monoisotopic (exact) mass is 217 g/mol. The van der Waals surface area contributed by atoms with Crippen molar-refractivity contribution < 1.29 is 14.3 Å². The van der Waals surface area contributed by atoms with Crippen molar-refractivity contribution >= 4 is 5.97 Å². The van der Waals surface area contributed by atoms with Crippen LogP contribution >= 0.6 is 0 Å². The van der Waals surface area contributed by atoms with Crippen LogP contribution in [0.5, 0.6) is 0 Å². The van der Waals surface area contributed by atoms with Gasteiger partial charge in [0, 0.05) is 0 Å². The molecule has 90 valence electrons. The number of hydrogen-bond acceptors (Lipinski definition) is 4. The summed E-state index contributed by atoms with van der Waals surface area (Å²) >= 11 is 0. The van der Waals surface area contributed by atoms with Gasteiger partial charge in [0.25, 0.3) is 0 Å². The second-order valence-corrected chi connectivity index (χ2v) is 4.97. The van der Waals surface area contributed by atoms with Crippen LogP contribution in [0.1, 0.15) is 34.6 Å². The third kappa shape index (κ3) is 6.47. The molecule has 0 bridgehead atoms. The van der Waals surface area contributed by atoms with Gasteiger partial charge in [-0.2, -0.15) is 0 Å². The Labute approximate surface area is 92.3 Å². The maximum atomic E-state index is 11.5. The standard InChI is InChI=1S/C11H23NO3/c1-10(2,3)15-8-7-14-9(13)11(4,5)12-6/h12H,7-8H2,1-6H3. The van der Waals surface area contributed by atoms with Gasteiger partial charge in [-0.1, -0.05) is 0 Å². The molecule has 0 rings (SSSR count). The van der Waals surface area contributed by atoms with Crippen LogP contribution in [-0.4, -0.2) is 37.4 Å². The molecule has 1 N–H and O–H groups in total. The summed E-state index contributed by atoms with van der Waals surface area (Å²) < 4.78 is 10.5. The normalized spacial score (nSPS) is 12.7. The minimum absolute atomic E-state index is 0.190. The van der Waals surface area contributed by atoms with Crippen LogP contribution in [0.15, 0.2) is 0 Å². The minimum Gasteiger partial charge on any atom is -0.462 e. The lowest BCUT2D eigenvalue weighted by Gasteiger charge is -2.23. The number of nitrogens with one attached hydrogen (secondary N) is 1. The predicted molar refractivity (Wildman–Crippen MR) is 59.8 cm³/mol. The number of carbonyl (C=O) groups excluding carboxylic acids is 1. The number of hydrogen-bond donors (Lipinski definition) is 1. The molecule has 0 aliphatic rings. The van der Waals surface area contributed by atoms with Crippen LogP contribution in [0.25, 0.3) is 0 Å². The van der Waals surface area contributed by atoms with E-state index in [1.807, 2.05) is 20.8 Å². The van der Waals surface area contributed by atoms with Crippen LogP contribution in [0, 0.1) is 0 Å². The highest BCUT2D eigenvalue weighted by Crippen LogP contribution is 2.07. The summed E-state index contributed by atoms with van der Waals surface area (Å²) in [7, 11) is 1.73. The van der Waals surface area contributed by atoms with E-state index in [0.717, 1.165) is 0 Å². The largest absolute Gasteiger partial charge is 0.462 e. The van der Waals surface area contributed by atoms with Gasteiger partial charge in [-0.3, -0.25) is 4.79 Å². The molecule has 0 aromatic heterocycles. The average molecular weight is 217 g/mol. The van der Waals surface area contributed by atoms with Crippen molar-refractivity contribution in [2.75, 3.05) is 20.3 Å². The molecule has 0 atom stereocenters. The molecule has 0 fully saturated rings. The number of rotatable bonds is 5. The Morgan fingerprint density at radius 3 is 2.07 bits per heavy atom. The second kappa shape index (κ2) is 5.47. The van der Waals surface area contributed by atoms with E-state index in [-0.39, 0.29) is 11.6 Å². The summed E-state index contributed by atoms with van der Waals surface area (Å²) in [6.45, 7) is 10.2. The van der Waals surface area contributed by atoms with E-state index in [0.29, 0.717) is 13.2 Å². The molecule has 0 radical (unpaired) electrons. The van der Waals surface area contributed by atoms with Gasteiger partial charge in [-0.25, -0.2) is 0 Å². The number of carbonyl (C=O) groups is 1. The molecule has 0 aromatic carbocycles. The lowest BCUT2D eigenvalue weighted by molar-refractivity contribution is -0.153. The number of esters is 1. The van der Waals surface area contributed by atoms with Crippen molar-refractivity contribution in [2.24, 2.45) is 0 Å². The highest BCUT2D eigenvalue weighted by atomic mass is 16.6. The average Bonchev–Trinajstić information content (AvgIpc) is 2.10. The second-order valence-electron chi connectivity index (χ2n) is 4.97.